The molecule has 0 fully saturated rings. The summed E-state index contributed by atoms with van der Waals surface area (Å²) in [6, 6.07) is 12.7. The molecule has 0 aliphatic carbocycles. The van der Waals surface area contributed by atoms with Crippen molar-refractivity contribution in [2.24, 2.45) is 0 Å². The van der Waals surface area contributed by atoms with Gasteiger partial charge in [0.1, 0.15) is 6.61 Å². The van der Waals surface area contributed by atoms with Crippen LogP contribution in [0.15, 0.2) is 46.9 Å². The summed E-state index contributed by atoms with van der Waals surface area (Å²) in [5.41, 5.74) is 1.90. The summed E-state index contributed by atoms with van der Waals surface area (Å²) in [6.45, 7) is 2.22. The third-order valence-corrected chi connectivity index (χ3v) is 2.92. The van der Waals surface area contributed by atoms with Crippen LogP contribution in [0.25, 0.3) is 0 Å². The van der Waals surface area contributed by atoms with E-state index in [2.05, 4.69) is 15.9 Å². The molecule has 1 nitrogen and oxygen atoms in total. The van der Waals surface area contributed by atoms with E-state index in [0.29, 0.717) is 12.4 Å². The molecular formula is C14H12BrFO. The van der Waals surface area contributed by atoms with Crippen LogP contribution in [0.4, 0.5) is 4.39 Å². The number of halogens is 2. The molecule has 0 N–H and O–H groups in total. The maximum Gasteiger partial charge on any atom is 0.165 e. The summed E-state index contributed by atoms with van der Waals surface area (Å²) >= 11 is 3.36. The van der Waals surface area contributed by atoms with E-state index in [1.54, 1.807) is 6.07 Å². The Kier molecular flexibility index (Phi) is 3.79. The molecule has 0 unspecified atom stereocenters. The van der Waals surface area contributed by atoms with E-state index in [9.17, 15) is 4.39 Å². The van der Waals surface area contributed by atoms with E-state index in [1.807, 2.05) is 37.3 Å². The molecular weight excluding hydrogens is 283 g/mol. The van der Waals surface area contributed by atoms with Gasteiger partial charge in [-0.15, -0.1) is 0 Å². The molecule has 0 bridgehead atoms. The average Bonchev–Trinajstić information content (AvgIpc) is 2.30. The average molecular weight is 295 g/mol. The van der Waals surface area contributed by atoms with Crippen molar-refractivity contribution in [3.8, 4) is 5.75 Å². The quantitative estimate of drug-likeness (QED) is 0.811. The van der Waals surface area contributed by atoms with Gasteiger partial charge in [-0.1, -0.05) is 34.1 Å². The van der Waals surface area contributed by atoms with Gasteiger partial charge in [0.15, 0.2) is 11.6 Å². The zero-order valence-electron chi connectivity index (χ0n) is 9.41. The lowest BCUT2D eigenvalue weighted by molar-refractivity contribution is 0.290. The molecule has 0 atom stereocenters. The van der Waals surface area contributed by atoms with Crippen LogP contribution in [-0.2, 0) is 6.61 Å². The first-order valence-electron chi connectivity index (χ1n) is 5.28. The lowest BCUT2D eigenvalue weighted by atomic mass is 10.2. The van der Waals surface area contributed by atoms with Crippen molar-refractivity contribution in [3.63, 3.8) is 0 Å². The fourth-order valence-corrected chi connectivity index (χ4v) is 1.73. The van der Waals surface area contributed by atoms with Gasteiger partial charge in [-0.2, -0.15) is 0 Å². The van der Waals surface area contributed by atoms with Gasteiger partial charge in [-0.05, 0) is 42.3 Å². The number of benzene rings is 2. The third kappa shape index (κ3) is 3.30. The van der Waals surface area contributed by atoms with E-state index >= 15 is 0 Å². The van der Waals surface area contributed by atoms with Gasteiger partial charge < -0.3 is 4.74 Å². The maximum absolute atomic E-state index is 13.5. The van der Waals surface area contributed by atoms with Gasteiger partial charge in [0.25, 0.3) is 0 Å². The highest BCUT2D eigenvalue weighted by Crippen LogP contribution is 2.19. The second-order valence-electron chi connectivity index (χ2n) is 3.85. The Balaban J connectivity index is 2.04. The predicted octanol–water partition coefficient (Wildman–Crippen LogP) is 4.48. The van der Waals surface area contributed by atoms with Crippen LogP contribution in [-0.4, -0.2) is 0 Å². The SMILES string of the molecule is Cc1ccc(OCc2ccc(Br)cc2)c(F)c1. The molecule has 0 amide bonds. The zero-order chi connectivity index (χ0) is 12.3. The molecule has 2 aromatic rings. The molecule has 0 aromatic heterocycles. The molecule has 0 heterocycles. The zero-order valence-corrected chi connectivity index (χ0v) is 11.0. The van der Waals surface area contributed by atoms with Crippen LogP contribution in [0, 0.1) is 12.7 Å². The normalized spacial score (nSPS) is 10.3. The monoisotopic (exact) mass is 294 g/mol. The molecule has 17 heavy (non-hydrogen) atoms. The van der Waals surface area contributed by atoms with Gasteiger partial charge in [0.2, 0.25) is 0 Å². The van der Waals surface area contributed by atoms with Gasteiger partial charge in [0.05, 0.1) is 0 Å². The van der Waals surface area contributed by atoms with Crippen molar-refractivity contribution in [1.82, 2.24) is 0 Å². The minimum Gasteiger partial charge on any atom is -0.486 e. The molecule has 0 saturated carbocycles. The number of hydrogen-bond acceptors (Lipinski definition) is 1. The van der Waals surface area contributed by atoms with E-state index in [1.165, 1.54) is 6.07 Å². The third-order valence-electron chi connectivity index (χ3n) is 2.39. The summed E-state index contributed by atoms with van der Waals surface area (Å²) in [7, 11) is 0. The molecule has 2 aromatic carbocycles. The highest BCUT2D eigenvalue weighted by Gasteiger charge is 2.03. The van der Waals surface area contributed by atoms with Crippen molar-refractivity contribution in [2.75, 3.05) is 0 Å². The maximum atomic E-state index is 13.5. The number of rotatable bonds is 3. The van der Waals surface area contributed by atoms with Crippen molar-refractivity contribution >= 4 is 15.9 Å². The smallest absolute Gasteiger partial charge is 0.165 e. The first-order chi connectivity index (χ1) is 8.15. The Morgan fingerprint density at radius 1 is 1.12 bits per heavy atom. The second-order valence-corrected chi connectivity index (χ2v) is 4.76. The van der Waals surface area contributed by atoms with E-state index in [0.717, 1.165) is 15.6 Å². The molecule has 0 aliphatic heterocycles. The Bertz CT molecular complexity index is 508. The molecule has 88 valence electrons. The summed E-state index contributed by atoms with van der Waals surface area (Å²) in [5, 5.41) is 0. The van der Waals surface area contributed by atoms with E-state index in [-0.39, 0.29) is 5.82 Å². The minimum absolute atomic E-state index is 0.290. The van der Waals surface area contributed by atoms with Gasteiger partial charge in [-0.3, -0.25) is 0 Å². The van der Waals surface area contributed by atoms with E-state index < -0.39 is 0 Å². The fraction of sp³-hybridized carbons (Fsp3) is 0.143. The molecule has 0 spiro atoms. The summed E-state index contributed by atoms with van der Waals surface area (Å²) in [6.07, 6.45) is 0. The lowest BCUT2D eigenvalue weighted by Gasteiger charge is -2.07. The topological polar surface area (TPSA) is 9.23 Å². The number of aryl methyl sites for hydroxylation is 1. The Morgan fingerprint density at radius 3 is 2.47 bits per heavy atom. The Morgan fingerprint density at radius 2 is 1.82 bits per heavy atom. The standard InChI is InChI=1S/C14H12BrFO/c1-10-2-7-14(13(16)8-10)17-9-11-3-5-12(15)6-4-11/h2-8H,9H2,1H3. The van der Waals surface area contributed by atoms with Crippen LogP contribution in [0.2, 0.25) is 0 Å². The van der Waals surface area contributed by atoms with Crippen molar-refractivity contribution in [2.45, 2.75) is 13.5 Å². The van der Waals surface area contributed by atoms with Gasteiger partial charge in [-0.25, -0.2) is 4.39 Å². The molecule has 0 radical (unpaired) electrons. The predicted molar refractivity (Wildman–Crippen MR) is 69.6 cm³/mol. The molecule has 2 rings (SSSR count). The summed E-state index contributed by atoms with van der Waals surface area (Å²) in [5.74, 6) is -0.0272. The fourth-order valence-electron chi connectivity index (χ4n) is 1.46. The molecule has 0 aliphatic rings. The van der Waals surface area contributed by atoms with Gasteiger partial charge >= 0.3 is 0 Å². The van der Waals surface area contributed by atoms with Crippen LogP contribution < -0.4 is 4.74 Å². The second kappa shape index (κ2) is 5.32. The Hall–Kier alpha value is -1.35. The summed E-state index contributed by atoms with van der Waals surface area (Å²) in [4.78, 5) is 0. The van der Waals surface area contributed by atoms with Crippen LogP contribution in [0.3, 0.4) is 0 Å². The number of ether oxygens (including phenoxy) is 1. The largest absolute Gasteiger partial charge is 0.486 e. The highest BCUT2D eigenvalue weighted by molar-refractivity contribution is 9.10. The highest BCUT2D eigenvalue weighted by atomic mass is 79.9. The van der Waals surface area contributed by atoms with Gasteiger partial charge in [0, 0.05) is 4.47 Å². The van der Waals surface area contributed by atoms with Crippen LogP contribution in [0.5, 0.6) is 5.75 Å². The Labute approximate surface area is 108 Å². The number of hydrogen-bond donors (Lipinski definition) is 0. The summed E-state index contributed by atoms with van der Waals surface area (Å²) < 4.78 is 19.9. The van der Waals surface area contributed by atoms with Crippen molar-refractivity contribution in [1.29, 1.82) is 0 Å². The van der Waals surface area contributed by atoms with Crippen molar-refractivity contribution < 1.29 is 9.13 Å². The molecule has 3 heteroatoms. The lowest BCUT2D eigenvalue weighted by Crippen LogP contribution is -1.97. The first-order valence-corrected chi connectivity index (χ1v) is 6.08. The van der Waals surface area contributed by atoms with Crippen LogP contribution >= 0.6 is 15.9 Å². The minimum atomic E-state index is -0.317. The van der Waals surface area contributed by atoms with Crippen LogP contribution in [0.1, 0.15) is 11.1 Å². The molecule has 0 saturated heterocycles. The van der Waals surface area contributed by atoms with Crippen molar-refractivity contribution in [3.05, 3.63) is 63.9 Å². The van der Waals surface area contributed by atoms with E-state index in [4.69, 9.17) is 4.74 Å². The first kappa shape index (κ1) is 12.1.